The highest BCUT2D eigenvalue weighted by Gasteiger charge is 2.50. The number of rotatable bonds is 12. The second-order valence-electron chi connectivity index (χ2n) is 16.3. The van der Waals surface area contributed by atoms with Crippen LogP contribution in [0, 0.1) is 23.7 Å². The Morgan fingerprint density at radius 2 is 1.21 bits per heavy atom. The van der Waals surface area contributed by atoms with Crippen molar-refractivity contribution in [3.05, 3.63) is 72.6 Å². The number of methoxy groups -OCH3 is 2. The fourth-order valence-electron chi connectivity index (χ4n) is 9.05. The number of fused-ring (bicyclic) bond motifs is 2. The Labute approximate surface area is 333 Å². The Morgan fingerprint density at radius 1 is 0.702 bits per heavy atom. The Morgan fingerprint density at radius 3 is 1.77 bits per heavy atom. The van der Waals surface area contributed by atoms with Crippen molar-refractivity contribution in [2.45, 2.75) is 89.9 Å². The topological polar surface area (TPSA) is 183 Å². The number of nitrogens with zero attached hydrogens (tertiary/aromatic N) is 3. The van der Waals surface area contributed by atoms with Gasteiger partial charge in [-0.2, -0.15) is 0 Å². The van der Waals surface area contributed by atoms with Crippen LogP contribution in [0.1, 0.15) is 83.4 Å². The number of likely N-dealkylation sites (tertiary alicyclic amines) is 1. The molecule has 4 unspecified atom stereocenters. The Bertz CT molecular complexity index is 2060. The quantitative estimate of drug-likeness (QED) is 0.107. The molecule has 2 aliphatic carbocycles. The van der Waals surface area contributed by atoms with Crippen LogP contribution in [0.4, 0.5) is 9.59 Å². The van der Waals surface area contributed by atoms with Crippen LogP contribution < -0.4 is 16.0 Å². The molecule has 3 fully saturated rings. The van der Waals surface area contributed by atoms with Gasteiger partial charge in [0.05, 0.1) is 44.0 Å². The molecule has 3 heterocycles. The van der Waals surface area contributed by atoms with Gasteiger partial charge in [0, 0.05) is 18.5 Å². The summed E-state index contributed by atoms with van der Waals surface area (Å²) >= 11 is 0. The van der Waals surface area contributed by atoms with Crippen LogP contribution in [0.3, 0.4) is 0 Å². The van der Waals surface area contributed by atoms with Crippen molar-refractivity contribution in [1.29, 1.82) is 0 Å². The maximum Gasteiger partial charge on any atom is 0.407 e. The number of imidazole rings is 2. The largest absolute Gasteiger partial charge is 0.453 e. The molecule has 2 aromatic carbocycles. The first kappa shape index (κ1) is 39.6. The van der Waals surface area contributed by atoms with E-state index in [9.17, 15) is 19.2 Å². The van der Waals surface area contributed by atoms with Crippen molar-refractivity contribution in [3.63, 3.8) is 0 Å². The second-order valence-corrected chi connectivity index (χ2v) is 16.3. The van der Waals surface area contributed by atoms with Crippen molar-refractivity contribution in [2.24, 2.45) is 23.7 Å². The van der Waals surface area contributed by atoms with Crippen LogP contribution >= 0.6 is 0 Å². The molecule has 4 amide bonds. The van der Waals surface area contributed by atoms with Gasteiger partial charge in [0.2, 0.25) is 11.8 Å². The lowest BCUT2D eigenvalue weighted by Crippen LogP contribution is -2.54. The van der Waals surface area contributed by atoms with E-state index < -0.39 is 24.3 Å². The van der Waals surface area contributed by atoms with E-state index in [4.69, 9.17) is 14.5 Å². The Balaban J connectivity index is 1.00. The molecule has 14 heteroatoms. The van der Waals surface area contributed by atoms with Crippen molar-refractivity contribution in [1.82, 2.24) is 40.8 Å². The number of aromatic nitrogens is 4. The minimum atomic E-state index is -0.688. The molecule has 14 nitrogen and oxygen atoms in total. The number of alkyl carbamates (subject to hydrolysis) is 2. The summed E-state index contributed by atoms with van der Waals surface area (Å²) in [6.45, 7) is 8.22. The van der Waals surface area contributed by atoms with Crippen molar-refractivity contribution in [2.75, 3.05) is 20.8 Å². The smallest absolute Gasteiger partial charge is 0.407 e. The van der Waals surface area contributed by atoms with Gasteiger partial charge in [-0.3, -0.25) is 9.59 Å². The minimum absolute atomic E-state index is 0.0597. The number of amides is 4. The number of hydrogen-bond donors (Lipinski definition) is 5. The molecule has 7 rings (SSSR count). The molecule has 0 radical (unpaired) electrons. The first-order valence-corrected chi connectivity index (χ1v) is 20.1. The predicted octanol–water partition coefficient (Wildman–Crippen LogP) is 6.56. The summed E-state index contributed by atoms with van der Waals surface area (Å²) in [4.78, 5) is 69.2. The number of ether oxygens (including phenoxy) is 2. The van der Waals surface area contributed by atoms with E-state index in [1.165, 1.54) is 14.2 Å². The highest BCUT2D eigenvalue weighted by atomic mass is 16.5. The van der Waals surface area contributed by atoms with Crippen LogP contribution in [0.2, 0.25) is 0 Å². The van der Waals surface area contributed by atoms with Gasteiger partial charge in [-0.25, -0.2) is 19.6 Å². The highest BCUT2D eigenvalue weighted by molar-refractivity contribution is 5.87. The fourth-order valence-corrected chi connectivity index (χ4v) is 9.05. The van der Waals surface area contributed by atoms with Gasteiger partial charge in [0.25, 0.3) is 0 Å². The standard InChI is InChI=1S/C43H54N8O6/c1-23(2)35(49-42(54)56-5)40(52)48-37-30-18-17-29(20-30)34(37)39-45-22-32(47-39)28-15-11-26(12-16-28)25-9-13-27(14-10-25)31-21-44-38(46-31)33-8-7-19-51(33)41(53)36(24(3)4)50-43(55)57-6/h9-16,21-24,29-30,33-37H,7-8,17-20H2,1-6H3,(H,44,46)(H,45,47)(H,48,52)(H,49,54)(H,50,55)/t29?,30?,33-,34?,35-,36-,37?/m0/s1. The zero-order valence-corrected chi connectivity index (χ0v) is 33.5. The third kappa shape index (κ3) is 8.26. The maximum absolute atomic E-state index is 13.5. The number of H-pyrrole nitrogens is 2. The molecule has 2 aromatic heterocycles. The molecular formula is C43H54N8O6. The van der Waals surface area contributed by atoms with Gasteiger partial charge in [-0.1, -0.05) is 76.2 Å². The van der Waals surface area contributed by atoms with Crippen LogP contribution in [-0.2, 0) is 19.1 Å². The number of aromatic amines is 2. The summed E-state index contributed by atoms with van der Waals surface area (Å²) in [5, 5.41) is 8.68. The molecule has 5 N–H and O–H groups in total. The highest BCUT2D eigenvalue weighted by Crippen LogP contribution is 2.52. The average Bonchev–Trinajstić information content (AvgIpc) is 4.07. The monoisotopic (exact) mass is 778 g/mol. The Kier molecular flexibility index (Phi) is 11.7. The third-order valence-electron chi connectivity index (χ3n) is 12.1. The van der Waals surface area contributed by atoms with E-state index in [1.54, 1.807) is 0 Å². The third-order valence-corrected chi connectivity index (χ3v) is 12.1. The second kappa shape index (κ2) is 16.8. The van der Waals surface area contributed by atoms with Crippen LogP contribution in [0.5, 0.6) is 0 Å². The van der Waals surface area contributed by atoms with E-state index >= 15 is 0 Å². The summed E-state index contributed by atoms with van der Waals surface area (Å²) in [5.41, 5.74) is 5.94. The fraction of sp³-hybridized carbons (Fsp3) is 0.488. The molecule has 57 heavy (non-hydrogen) atoms. The Hall–Kier alpha value is -5.66. The molecule has 3 aliphatic rings. The number of benzene rings is 2. The normalized spacial score (nSPS) is 22.4. The minimum Gasteiger partial charge on any atom is -0.453 e. The SMILES string of the molecule is COC(=O)N[C@H](C(=O)NC1C2CCC(C2)C1c1ncc(-c2ccc(-c3ccc(-c4cnc([C@@H]5CCCN5C(=O)[C@@H](NC(=O)OC)C(C)C)[nH]4)cc3)cc2)[nH]1)C(C)C. The molecule has 2 bridgehead atoms. The molecule has 7 atom stereocenters. The van der Waals surface area contributed by atoms with Gasteiger partial charge in [0.15, 0.2) is 0 Å². The zero-order valence-electron chi connectivity index (χ0n) is 33.5. The summed E-state index contributed by atoms with van der Waals surface area (Å²) in [5.74, 6) is 1.96. The molecule has 1 saturated heterocycles. The predicted molar refractivity (Wildman–Crippen MR) is 215 cm³/mol. The molecule has 4 aromatic rings. The lowest BCUT2D eigenvalue weighted by molar-refractivity contribution is -0.135. The van der Waals surface area contributed by atoms with E-state index in [1.807, 2.05) is 45.0 Å². The maximum atomic E-state index is 13.5. The molecule has 1 aliphatic heterocycles. The van der Waals surface area contributed by atoms with Crippen LogP contribution in [-0.4, -0.2) is 87.7 Å². The number of hydrogen-bond acceptors (Lipinski definition) is 8. The number of nitrogens with one attached hydrogen (secondary N) is 5. The summed E-state index contributed by atoms with van der Waals surface area (Å²) < 4.78 is 9.52. The van der Waals surface area contributed by atoms with Crippen molar-refractivity contribution >= 4 is 24.0 Å². The molecule has 0 spiro atoms. The molecule has 2 saturated carbocycles. The summed E-state index contributed by atoms with van der Waals surface area (Å²) in [6.07, 6.45) is 7.31. The zero-order chi connectivity index (χ0) is 40.4. The van der Waals surface area contributed by atoms with E-state index in [-0.39, 0.29) is 41.7 Å². The molecular weight excluding hydrogens is 725 g/mol. The average molecular weight is 779 g/mol. The van der Waals surface area contributed by atoms with Gasteiger partial charge in [-0.15, -0.1) is 0 Å². The van der Waals surface area contributed by atoms with Crippen molar-refractivity contribution < 1.29 is 28.7 Å². The lowest BCUT2D eigenvalue weighted by atomic mass is 9.83. The summed E-state index contributed by atoms with van der Waals surface area (Å²) in [6, 6.07) is 15.1. The first-order valence-electron chi connectivity index (χ1n) is 20.1. The number of carbonyl (C=O) groups excluding carboxylic acids is 4. The van der Waals surface area contributed by atoms with Crippen molar-refractivity contribution in [3.8, 4) is 33.6 Å². The van der Waals surface area contributed by atoms with E-state index in [0.717, 1.165) is 77.4 Å². The van der Waals surface area contributed by atoms with E-state index in [0.29, 0.717) is 18.4 Å². The molecule has 302 valence electrons. The first-order chi connectivity index (χ1) is 27.4. The van der Waals surface area contributed by atoms with Crippen LogP contribution in [0.25, 0.3) is 33.6 Å². The van der Waals surface area contributed by atoms with Gasteiger partial charge < -0.3 is 40.3 Å². The van der Waals surface area contributed by atoms with Gasteiger partial charge in [0.1, 0.15) is 23.7 Å². The van der Waals surface area contributed by atoms with Gasteiger partial charge in [-0.05, 0) is 78.0 Å². The summed E-state index contributed by atoms with van der Waals surface area (Å²) in [7, 11) is 2.59. The lowest BCUT2D eigenvalue weighted by Gasteiger charge is -2.32. The van der Waals surface area contributed by atoms with Gasteiger partial charge >= 0.3 is 12.2 Å². The number of carbonyl (C=O) groups is 4. The van der Waals surface area contributed by atoms with Crippen LogP contribution in [0.15, 0.2) is 60.9 Å². The van der Waals surface area contributed by atoms with E-state index in [2.05, 4.69) is 79.4 Å².